The van der Waals surface area contributed by atoms with Gasteiger partial charge < -0.3 is 5.32 Å². The van der Waals surface area contributed by atoms with Gasteiger partial charge in [0.1, 0.15) is 5.70 Å². The largest absolute Gasteiger partial charge is 0.353 e. The summed E-state index contributed by atoms with van der Waals surface area (Å²) in [5.74, 6) is 0.0376. The van der Waals surface area contributed by atoms with Gasteiger partial charge in [0.2, 0.25) is 5.91 Å². The van der Waals surface area contributed by atoms with E-state index in [1.807, 2.05) is 12.1 Å². The molecule has 0 aromatic heterocycles. The van der Waals surface area contributed by atoms with Crippen LogP contribution in [0.4, 0.5) is 0 Å². The quantitative estimate of drug-likeness (QED) is 0.556. The maximum Gasteiger partial charge on any atom is 0.278 e. The lowest BCUT2D eigenvalue weighted by atomic mass is 9.95. The van der Waals surface area contributed by atoms with E-state index >= 15 is 0 Å². The Morgan fingerprint density at radius 3 is 2.68 bits per heavy atom. The van der Waals surface area contributed by atoms with Gasteiger partial charge in [-0.2, -0.15) is 0 Å². The van der Waals surface area contributed by atoms with E-state index < -0.39 is 0 Å². The molecule has 1 N–H and O–H groups in total. The highest BCUT2D eigenvalue weighted by Crippen LogP contribution is 2.25. The molecule has 0 saturated heterocycles. The van der Waals surface area contributed by atoms with Crippen LogP contribution in [0.5, 0.6) is 0 Å². The van der Waals surface area contributed by atoms with Crippen LogP contribution in [-0.2, 0) is 9.59 Å². The number of carbonyl (C=O) groups excluding carboxylic acids is 2. The third-order valence-electron chi connectivity index (χ3n) is 4.70. The molecule has 2 amide bonds. The molecule has 3 rings (SSSR count). The highest BCUT2D eigenvalue weighted by Gasteiger charge is 2.30. The number of rotatable bonds is 6. The van der Waals surface area contributed by atoms with Crippen molar-refractivity contribution in [2.24, 2.45) is 4.99 Å². The molecular formula is C21H24ClN3O2S. The first kappa shape index (κ1) is 20.7. The molecule has 2 aliphatic rings. The SMILES string of the molecule is C=CCN1C(=O)/C(=C\c2ccc(Cl)cc2)N=C1SCC(=O)NC1CCCCC1. The zero-order chi connectivity index (χ0) is 19.9. The van der Waals surface area contributed by atoms with Crippen molar-refractivity contribution in [3.63, 3.8) is 0 Å². The first-order valence-corrected chi connectivity index (χ1v) is 10.8. The van der Waals surface area contributed by atoms with E-state index in [0.29, 0.717) is 22.4 Å². The van der Waals surface area contributed by atoms with E-state index in [1.54, 1.807) is 29.2 Å². The molecule has 1 heterocycles. The van der Waals surface area contributed by atoms with Gasteiger partial charge in [-0.15, -0.1) is 6.58 Å². The predicted molar refractivity (Wildman–Crippen MR) is 116 cm³/mol. The Kier molecular flexibility index (Phi) is 7.34. The predicted octanol–water partition coefficient (Wildman–Crippen LogP) is 4.25. The molecule has 1 saturated carbocycles. The molecule has 148 valence electrons. The minimum atomic E-state index is -0.190. The number of amidine groups is 1. The summed E-state index contributed by atoms with van der Waals surface area (Å²) in [5, 5.41) is 4.26. The number of carbonyl (C=O) groups is 2. The Bertz CT molecular complexity index is 798. The van der Waals surface area contributed by atoms with Crippen LogP contribution >= 0.6 is 23.4 Å². The molecule has 0 unspecified atom stereocenters. The standard InChI is InChI=1S/C21H24ClN3O2S/c1-2-12-25-20(27)18(13-15-8-10-16(22)11-9-15)24-21(25)28-14-19(26)23-17-6-4-3-5-7-17/h2,8-11,13,17H,1,3-7,12,14H2,(H,23,26)/b18-13+. The topological polar surface area (TPSA) is 61.8 Å². The molecule has 1 aromatic rings. The van der Waals surface area contributed by atoms with E-state index in [-0.39, 0.29) is 23.6 Å². The van der Waals surface area contributed by atoms with Crippen LogP contribution in [-0.4, -0.2) is 40.2 Å². The van der Waals surface area contributed by atoms with E-state index in [1.165, 1.54) is 31.0 Å². The second-order valence-corrected chi connectivity index (χ2v) is 8.25. The highest BCUT2D eigenvalue weighted by molar-refractivity contribution is 8.14. The fourth-order valence-corrected chi connectivity index (χ4v) is 4.24. The number of hydrogen-bond donors (Lipinski definition) is 1. The molecule has 7 heteroatoms. The zero-order valence-corrected chi connectivity index (χ0v) is 17.3. The van der Waals surface area contributed by atoms with Crippen molar-refractivity contribution >= 4 is 46.4 Å². The first-order valence-electron chi connectivity index (χ1n) is 9.47. The number of benzene rings is 1. The second kappa shape index (κ2) is 9.94. The molecule has 1 aromatic carbocycles. The van der Waals surface area contributed by atoms with Crippen LogP contribution in [0.1, 0.15) is 37.7 Å². The average molecular weight is 418 g/mol. The Morgan fingerprint density at radius 1 is 1.29 bits per heavy atom. The normalized spacial score (nSPS) is 19.0. The zero-order valence-electron chi connectivity index (χ0n) is 15.7. The number of hydrogen-bond acceptors (Lipinski definition) is 4. The van der Waals surface area contributed by atoms with Crippen LogP contribution < -0.4 is 5.32 Å². The van der Waals surface area contributed by atoms with Crippen LogP contribution in [0.3, 0.4) is 0 Å². The van der Waals surface area contributed by atoms with E-state index in [4.69, 9.17) is 11.6 Å². The van der Waals surface area contributed by atoms with Gasteiger partial charge in [0.05, 0.1) is 5.75 Å². The molecule has 5 nitrogen and oxygen atoms in total. The van der Waals surface area contributed by atoms with Crippen molar-refractivity contribution in [1.29, 1.82) is 0 Å². The highest BCUT2D eigenvalue weighted by atomic mass is 35.5. The fraction of sp³-hybridized carbons (Fsp3) is 0.381. The summed E-state index contributed by atoms with van der Waals surface area (Å²) in [7, 11) is 0. The minimum absolute atomic E-state index is 0.0132. The number of aliphatic imine (C=N–C) groups is 1. The van der Waals surface area contributed by atoms with Gasteiger partial charge in [-0.3, -0.25) is 14.5 Å². The van der Waals surface area contributed by atoms with E-state index in [0.717, 1.165) is 18.4 Å². The van der Waals surface area contributed by atoms with Crippen molar-refractivity contribution < 1.29 is 9.59 Å². The number of halogens is 1. The lowest BCUT2D eigenvalue weighted by Crippen LogP contribution is -2.38. The Balaban J connectivity index is 1.66. The van der Waals surface area contributed by atoms with Gasteiger partial charge in [-0.05, 0) is 36.6 Å². The molecule has 0 atom stereocenters. The van der Waals surface area contributed by atoms with Crippen molar-refractivity contribution in [3.8, 4) is 0 Å². The number of thioether (sulfide) groups is 1. The third-order valence-corrected chi connectivity index (χ3v) is 5.93. The maximum absolute atomic E-state index is 12.7. The number of nitrogens with one attached hydrogen (secondary N) is 1. The minimum Gasteiger partial charge on any atom is -0.353 e. The molecule has 1 fully saturated rings. The summed E-state index contributed by atoms with van der Waals surface area (Å²) < 4.78 is 0. The van der Waals surface area contributed by atoms with Crippen LogP contribution in [0.15, 0.2) is 47.6 Å². The Morgan fingerprint density at radius 2 is 2.00 bits per heavy atom. The molecular weight excluding hydrogens is 394 g/mol. The second-order valence-electron chi connectivity index (χ2n) is 6.87. The fourth-order valence-electron chi connectivity index (χ4n) is 3.29. The van der Waals surface area contributed by atoms with Crippen LogP contribution in [0, 0.1) is 0 Å². The van der Waals surface area contributed by atoms with Gasteiger partial charge in [0, 0.05) is 17.6 Å². The molecule has 0 radical (unpaired) electrons. The average Bonchev–Trinajstić information content (AvgIpc) is 2.98. The summed E-state index contributed by atoms with van der Waals surface area (Å²) in [6, 6.07) is 7.48. The summed E-state index contributed by atoms with van der Waals surface area (Å²) in [4.78, 5) is 31.0. The van der Waals surface area contributed by atoms with E-state index in [9.17, 15) is 9.59 Å². The number of nitrogens with zero attached hydrogens (tertiary/aromatic N) is 2. The number of amides is 2. The van der Waals surface area contributed by atoms with Gasteiger partial charge in [-0.25, -0.2) is 4.99 Å². The molecule has 1 aliphatic carbocycles. The van der Waals surface area contributed by atoms with Gasteiger partial charge in [0.25, 0.3) is 5.91 Å². The monoisotopic (exact) mass is 417 g/mol. The summed E-state index contributed by atoms with van der Waals surface area (Å²) in [5.41, 5.74) is 1.19. The maximum atomic E-state index is 12.7. The van der Waals surface area contributed by atoms with Crippen LogP contribution in [0.2, 0.25) is 5.02 Å². The molecule has 28 heavy (non-hydrogen) atoms. The van der Waals surface area contributed by atoms with Gasteiger partial charge >= 0.3 is 0 Å². The third kappa shape index (κ3) is 5.49. The van der Waals surface area contributed by atoms with E-state index in [2.05, 4.69) is 16.9 Å². The summed E-state index contributed by atoms with van der Waals surface area (Å²) in [6.45, 7) is 4.07. The van der Waals surface area contributed by atoms with Gasteiger partial charge in [-0.1, -0.05) is 60.8 Å². The summed E-state index contributed by atoms with van der Waals surface area (Å²) in [6.07, 6.45) is 9.07. The smallest absolute Gasteiger partial charge is 0.278 e. The summed E-state index contributed by atoms with van der Waals surface area (Å²) >= 11 is 7.19. The van der Waals surface area contributed by atoms with Crippen molar-refractivity contribution in [2.45, 2.75) is 38.1 Å². The van der Waals surface area contributed by atoms with Crippen LogP contribution in [0.25, 0.3) is 6.08 Å². The Hall–Kier alpha value is -2.05. The van der Waals surface area contributed by atoms with Gasteiger partial charge in [0.15, 0.2) is 5.17 Å². The van der Waals surface area contributed by atoms with Crippen molar-refractivity contribution in [3.05, 3.63) is 53.2 Å². The lowest BCUT2D eigenvalue weighted by Gasteiger charge is -2.22. The first-order chi connectivity index (χ1) is 13.6. The lowest BCUT2D eigenvalue weighted by molar-refractivity contribution is -0.122. The molecule has 1 aliphatic heterocycles. The Labute approximate surface area is 174 Å². The molecule has 0 spiro atoms. The van der Waals surface area contributed by atoms with Crippen molar-refractivity contribution in [1.82, 2.24) is 10.2 Å². The molecule has 0 bridgehead atoms. The van der Waals surface area contributed by atoms with Crippen molar-refractivity contribution in [2.75, 3.05) is 12.3 Å².